The molecule has 0 saturated carbocycles. The number of nitriles is 1. The number of carboxylic acids is 1. The molecule has 8 rings (SSSR count). The lowest BCUT2D eigenvalue weighted by Crippen LogP contribution is -2.26. The fourth-order valence-electron chi connectivity index (χ4n) is 8.34. The maximum Gasteiger partial charge on any atom is 0.307 e. The molecule has 3 aliphatic rings. The molecule has 260 valence electrons. The molecule has 0 amide bonds. The van der Waals surface area contributed by atoms with E-state index in [1.54, 1.807) is 13.3 Å². The molecule has 2 saturated heterocycles. The number of nitrogens with zero attached hydrogens (tertiary/aromatic N) is 6. The van der Waals surface area contributed by atoms with E-state index in [4.69, 9.17) is 24.1 Å². The van der Waals surface area contributed by atoms with Crippen molar-refractivity contribution in [3.8, 4) is 45.8 Å². The summed E-state index contributed by atoms with van der Waals surface area (Å²) in [7, 11) is 1.61. The first-order valence-electron chi connectivity index (χ1n) is 17.6. The summed E-state index contributed by atoms with van der Waals surface area (Å²) in [6.45, 7) is 7.39. The highest BCUT2D eigenvalue weighted by molar-refractivity contribution is 5.87. The SMILES string of the molecule is COc1nc(-c2cccc(-c3cccc(-c4nc5cc6c(c(C#N)c5o4)CCC6N4CC[C@@H](C(=O)O)C4)c3C)c2C)cnc1CN1CC[C@@H](O)C1. The van der Waals surface area contributed by atoms with E-state index in [1.807, 2.05) is 30.3 Å². The quantitative estimate of drug-likeness (QED) is 0.196. The van der Waals surface area contributed by atoms with Crippen LogP contribution in [-0.4, -0.2) is 80.3 Å². The van der Waals surface area contributed by atoms with E-state index in [-0.39, 0.29) is 18.1 Å². The molecule has 11 nitrogen and oxygen atoms in total. The Kier molecular flexibility index (Phi) is 8.54. The topological polar surface area (TPSA) is 149 Å². The van der Waals surface area contributed by atoms with E-state index in [2.05, 4.69) is 41.8 Å². The van der Waals surface area contributed by atoms with Gasteiger partial charge in [-0.15, -0.1) is 0 Å². The number of aromatic nitrogens is 3. The first kappa shape index (κ1) is 33.0. The highest BCUT2D eigenvalue weighted by Gasteiger charge is 2.37. The molecule has 11 heteroatoms. The van der Waals surface area contributed by atoms with E-state index in [0.29, 0.717) is 60.2 Å². The number of fused-ring (bicyclic) bond motifs is 2. The lowest BCUT2D eigenvalue weighted by Gasteiger charge is -2.24. The molecular formula is C40H40N6O5. The van der Waals surface area contributed by atoms with Crippen molar-refractivity contribution in [2.75, 3.05) is 33.3 Å². The maximum absolute atomic E-state index is 11.6. The third-order valence-electron chi connectivity index (χ3n) is 11.1. The van der Waals surface area contributed by atoms with Gasteiger partial charge in [-0.3, -0.25) is 19.6 Å². The van der Waals surface area contributed by atoms with Crippen molar-refractivity contribution in [3.05, 3.63) is 82.2 Å². The number of β-amino-alcohol motifs (C(OH)–C–C–N with tert-alkyl or cyclic N) is 1. The molecule has 2 N–H and O–H groups in total. The Bertz CT molecular complexity index is 2220. The summed E-state index contributed by atoms with van der Waals surface area (Å²) in [5.74, 6) is -0.169. The van der Waals surface area contributed by atoms with Crippen molar-refractivity contribution in [2.45, 2.75) is 58.2 Å². The van der Waals surface area contributed by atoms with Gasteiger partial charge in [0.05, 0.1) is 31.0 Å². The summed E-state index contributed by atoms with van der Waals surface area (Å²) >= 11 is 0. The van der Waals surface area contributed by atoms with E-state index < -0.39 is 5.97 Å². The monoisotopic (exact) mass is 684 g/mol. The van der Waals surface area contributed by atoms with Crippen LogP contribution in [0.3, 0.4) is 0 Å². The van der Waals surface area contributed by atoms with Gasteiger partial charge in [-0.1, -0.05) is 30.3 Å². The summed E-state index contributed by atoms with van der Waals surface area (Å²) in [5, 5.41) is 29.8. The molecule has 1 unspecified atom stereocenters. The minimum absolute atomic E-state index is 0.0706. The average Bonchev–Trinajstić information content (AvgIpc) is 3.94. The van der Waals surface area contributed by atoms with Crippen LogP contribution in [0.5, 0.6) is 5.88 Å². The number of hydrogen-bond donors (Lipinski definition) is 2. The third-order valence-corrected chi connectivity index (χ3v) is 11.1. The zero-order chi connectivity index (χ0) is 35.4. The van der Waals surface area contributed by atoms with Gasteiger partial charge in [-0.05, 0) is 91.6 Å². The largest absolute Gasteiger partial charge is 0.481 e. The Morgan fingerprint density at radius 3 is 2.45 bits per heavy atom. The number of aliphatic hydroxyl groups excluding tert-OH is 1. The van der Waals surface area contributed by atoms with Crippen LogP contribution in [0.25, 0.3) is 44.9 Å². The van der Waals surface area contributed by atoms with Gasteiger partial charge in [0.25, 0.3) is 0 Å². The normalized spacial score (nSPS) is 20.6. The fraction of sp³-hybridized carbons (Fsp3) is 0.375. The Labute approximate surface area is 296 Å². The molecule has 3 atom stereocenters. The number of likely N-dealkylation sites (tertiary alicyclic amines) is 2. The molecule has 0 spiro atoms. The van der Waals surface area contributed by atoms with E-state index in [1.165, 1.54) is 0 Å². The van der Waals surface area contributed by atoms with Gasteiger partial charge in [0, 0.05) is 43.3 Å². The highest BCUT2D eigenvalue weighted by atomic mass is 16.5. The summed E-state index contributed by atoms with van der Waals surface area (Å²) in [5.41, 5.74) is 11.1. The summed E-state index contributed by atoms with van der Waals surface area (Å²) in [4.78, 5) is 30.6. The van der Waals surface area contributed by atoms with E-state index >= 15 is 0 Å². The van der Waals surface area contributed by atoms with Crippen molar-refractivity contribution in [3.63, 3.8) is 0 Å². The number of aliphatic hydroxyl groups is 1. The van der Waals surface area contributed by atoms with Crippen molar-refractivity contribution in [1.82, 2.24) is 24.8 Å². The number of oxazole rings is 1. The molecule has 2 fully saturated rings. The summed E-state index contributed by atoms with van der Waals surface area (Å²) in [6, 6.07) is 16.8. The van der Waals surface area contributed by atoms with Crippen molar-refractivity contribution >= 4 is 17.1 Å². The molecule has 3 aromatic carbocycles. The highest BCUT2D eigenvalue weighted by Crippen LogP contribution is 2.44. The Morgan fingerprint density at radius 2 is 1.76 bits per heavy atom. The fourth-order valence-corrected chi connectivity index (χ4v) is 8.34. The molecule has 4 heterocycles. The first-order valence-corrected chi connectivity index (χ1v) is 17.6. The van der Waals surface area contributed by atoms with Crippen LogP contribution >= 0.6 is 0 Å². The van der Waals surface area contributed by atoms with Crippen molar-refractivity contribution in [1.29, 1.82) is 5.26 Å². The lowest BCUT2D eigenvalue weighted by molar-refractivity contribution is -0.141. The molecule has 2 aromatic heterocycles. The van der Waals surface area contributed by atoms with Crippen LogP contribution in [0.15, 0.2) is 53.1 Å². The number of hydrogen-bond acceptors (Lipinski definition) is 10. The summed E-state index contributed by atoms with van der Waals surface area (Å²) < 4.78 is 12.1. The molecular weight excluding hydrogens is 644 g/mol. The molecule has 1 aliphatic carbocycles. The van der Waals surface area contributed by atoms with Gasteiger partial charge in [-0.2, -0.15) is 5.26 Å². The zero-order valence-corrected chi connectivity index (χ0v) is 29.0. The maximum atomic E-state index is 11.6. The number of carboxylic acid groups (broad SMARTS) is 1. The van der Waals surface area contributed by atoms with Gasteiger partial charge >= 0.3 is 5.97 Å². The predicted octanol–water partition coefficient (Wildman–Crippen LogP) is 6.08. The first-order chi connectivity index (χ1) is 24.7. The second kappa shape index (κ2) is 13.2. The minimum Gasteiger partial charge on any atom is -0.481 e. The molecule has 2 aliphatic heterocycles. The number of methoxy groups -OCH3 is 1. The zero-order valence-electron chi connectivity index (χ0n) is 29.0. The van der Waals surface area contributed by atoms with Gasteiger partial charge < -0.3 is 19.4 Å². The standard InChI is InChI=1S/C40H40N6O5/c1-22-26(6-4-8-28(22)34-18-42-35(39(44-34)50-3)21-45-14-13-25(47)20-45)27-7-5-9-29(23(27)2)38-43-33-16-31-30(32(17-41)37(33)51-38)10-11-36(31)46-15-12-24(19-46)40(48)49/h4-9,16,18,24-25,36,47H,10-15,19-21H2,1-3H3,(H,48,49)/t24-,25-,36?/m1/s1. The van der Waals surface area contributed by atoms with Crippen LogP contribution in [-0.2, 0) is 17.8 Å². The van der Waals surface area contributed by atoms with Gasteiger partial charge in [-0.25, -0.2) is 9.97 Å². The minimum atomic E-state index is -0.747. The number of aliphatic carboxylic acids is 1. The van der Waals surface area contributed by atoms with Gasteiger partial charge in [0.15, 0.2) is 5.58 Å². The Balaban J connectivity index is 1.12. The Hall–Kier alpha value is -5.15. The van der Waals surface area contributed by atoms with Gasteiger partial charge in [0.1, 0.15) is 22.8 Å². The lowest BCUT2D eigenvalue weighted by atomic mass is 9.90. The molecule has 51 heavy (non-hydrogen) atoms. The van der Waals surface area contributed by atoms with Crippen molar-refractivity contribution < 1.29 is 24.2 Å². The van der Waals surface area contributed by atoms with Crippen LogP contribution in [0.2, 0.25) is 0 Å². The van der Waals surface area contributed by atoms with Crippen LogP contribution < -0.4 is 4.74 Å². The summed E-state index contributed by atoms with van der Waals surface area (Å²) in [6.07, 6.45) is 4.47. The van der Waals surface area contributed by atoms with Crippen molar-refractivity contribution in [2.24, 2.45) is 5.92 Å². The van der Waals surface area contributed by atoms with Gasteiger partial charge in [0.2, 0.25) is 11.8 Å². The smallest absolute Gasteiger partial charge is 0.307 e. The Morgan fingerprint density at radius 1 is 1.02 bits per heavy atom. The number of carbonyl (C=O) groups is 1. The molecule has 0 bridgehead atoms. The van der Waals surface area contributed by atoms with Crippen LogP contribution in [0.1, 0.15) is 58.8 Å². The van der Waals surface area contributed by atoms with E-state index in [0.717, 1.165) is 82.6 Å². The number of rotatable bonds is 8. The second-order valence-corrected chi connectivity index (χ2v) is 14.0. The second-order valence-electron chi connectivity index (χ2n) is 14.0. The molecule has 5 aromatic rings. The van der Waals surface area contributed by atoms with E-state index in [9.17, 15) is 20.3 Å². The number of benzene rings is 3. The predicted molar refractivity (Wildman–Crippen MR) is 191 cm³/mol. The average molecular weight is 685 g/mol. The number of ether oxygens (including phenoxy) is 1. The van der Waals surface area contributed by atoms with Crippen LogP contribution in [0, 0.1) is 31.1 Å². The molecule has 0 radical (unpaired) electrons. The van der Waals surface area contributed by atoms with Crippen LogP contribution in [0.4, 0.5) is 0 Å². The third kappa shape index (κ3) is 5.83.